The predicted molar refractivity (Wildman–Crippen MR) is 53.3 cm³/mol. The van der Waals surface area contributed by atoms with Crippen LogP contribution < -0.4 is 5.73 Å². The van der Waals surface area contributed by atoms with Gasteiger partial charge in [0.1, 0.15) is 5.02 Å². The van der Waals surface area contributed by atoms with E-state index in [1.807, 2.05) is 0 Å². The molecule has 0 heterocycles. The SMILES string of the molecule is NC(=O)c1c([N+](=O)[O-])ccc(Cl)c1[N+](=O)[O-]. The number of hydrogen-bond acceptors (Lipinski definition) is 5. The number of nitrogens with two attached hydrogens (primary N) is 1. The van der Waals surface area contributed by atoms with E-state index in [0.717, 1.165) is 12.1 Å². The first-order valence-corrected chi connectivity index (χ1v) is 4.15. The molecule has 1 amide bonds. The number of benzene rings is 1. The Hall–Kier alpha value is -2.22. The van der Waals surface area contributed by atoms with Gasteiger partial charge in [0.25, 0.3) is 11.6 Å². The molecule has 2 N–H and O–H groups in total. The molecule has 1 aromatic rings. The second kappa shape index (κ2) is 4.11. The fraction of sp³-hybridized carbons (Fsp3) is 0. The Morgan fingerprint density at radius 1 is 1.25 bits per heavy atom. The summed E-state index contributed by atoms with van der Waals surface area (Å²) < 4.78 is 0. The molecule has 9 heteroatoms. The summed E-state index contributed by atoms with van der Waals surface area (Å²) >= 11 is 5.47. The van der Waals surface area contributed by atoms with E-state index >= 15 is 0 Å². The first-order chi connectivity index (χ1) is 7.36. The standard InChI is InChI=1S/C7H4ClN3O5/c8-3-1-2-4(10(13)14)5(7(9)12)6(3)11(15)16/h1-2H,(H2,9,12). The molecule has 1 rings (SSSR count). The quantitative estimate of drug-likeness (QED) is 0.633. The Morgan fingerprint density at radius 3 is 2.19 bits per heavy atom. The Bertz CT molecular complexity index is 501. The van der Waals surface area contributed by atoms with Crippen LogP contribution in [0.15, 0.2) is 12.1 Å². The zero-order valence-electron chi connectivity index (χ0n) is 7.55. The van der Waals surface area contributed by atoms with Gasteiger partial charge in [-0.05, 0) is 6.07 Å². The fourth-order valence-electron chi connectivity index (χ4n) is 1.13. The minimum absolute atomic E-state index is 0.385. The third-order valence-electron chi connectivity index (χ3n) is 1.73. The van der Waals surface area contributed by atoms with Crippen molar-refractivity contribution >= 4 is 28.9 Å². The van der Waals surface area contributed by atoms with Crippen molar-refractivity contribution in [3.8, 4) is 0 Å². The summed E-state index contributed by atoms with van der Waals surface area (Å²) in [6, 6.07) is 1.85. The van der Waals surface area contributed by atoms with Crippen LogP contribution in [0.25, 0.3) is 0 Å². The number of carbonyl (C=O) groups is 1. The average Bonchev–Trinajstić information content (AvgIpc) is 2.15. The highest BCUT2D eigenvalue weighted by Gasteiger charge is 2.31. The number of nitrogens with zero attached hydrogens (tertiary/aromatic N) is 2. The summed E-state index contributed by atoms with van der Waals surface area (Å²) in [5.41, 5.74) is 2.45. The first kappa shape index (κ1) is 11.9. The number of primary amides is 1. The molecule has 16 heavy (non-hydrogen) atoms. The maximum atomic E-state index is 11.0. The van der Waals surface area contributed by atoms with Crippen LogP contribution in [0.3, 0.4) is 0 Å². The lowest BCUT2D eigenvalue weighted by Gasteiger charge is -2.01. The van der Waals surface area contributed by atoms with Gasteiger partial charge in [-0.3, -0.25) is 25.0 Å². The van der Waals surface area contributed by atoms with Gasteiger partial charge in [0.2, 0.25) is 0 Å². The van der Waals surface area contributed by atoms with E-state index in [1.54, 1.807) is 0 Å². The Labute approximate surface area is 92.9 Å². The molecule has 0 unspecified atom stereocenters. The van der Waals surface area contributed by atoms with Crippen LogP contribution in [0.1, 0.15) is 10.4 Å². The maximum Gasteiger partial charge on any atom is 0.307 e. The second-order valence-corrected chi connectivity index (χ2v) is 3.08. The van der Waals surface area contributed by atoms with Crippen molar-refractivity contribution in [1.82, 2.24) is 0 Å². The molecule has 0 aliphatic rings. The van der Waals surface area contributed by atoms with Crippen molar-refractivity contribution < 1.29 is 14.6 Å². The van der Waals surface area contributed by atoms with Crippen LogP contribution in [0.2, 0.25) is 5.02 Å². The first-order valence-electron chi connectivity index (χ1n) is 3.77. The molecule has 8 nitrogen and oxygen atoms in total. The lowest BCUT2D eigenvalue weighted by Crippen LogP contribution is -2.16. The summed E-state index contributed by atoms with van der Waals surface area (Å²) in [7, 11) is 0. The van der Waals surface area contributed by atoms with Crippen LogP contribution in [-0.4, -0.2) is 15.8 Å². The van der Waals surface area contributed by atoms with Gasteiger partial charge in [-0.15, -0.1) is 0 Å². The molecule has 0 saturated heterocycles. The Kier molecular flexibility index (Phi) is 3.04. The number of carbonyl (C=O) groups excluding carboxylic acids is 1. The zero-order valence-corrected chi connectivity index (χ0v) is 8.30. The number of nitro benzene ring substituents is 2. The third-order valence-corrected chi connectivity index (χ3v) is 2.04. The van der Waals surface area contributed by atoms with E-state index < -0.39 is 32.7 Å². The number of halogens is 1. The monoisotopic (exact) mass is 245 g/mol. The second-order valence-electron chi connectivity index (χ2n) is 2.67. The van der Waals surface area contributed by atoms with Gasteiger partial charge in [-0.1, -0.05) is 11.6 Å². The fourth-order valence-corrected chi connectivity index (χ4v) is 1.36. The topological polar surface area (TPSA) is 129 Å². The van der Waals surface area contributed by atoms with E-state index in [1.165, 1.54) is 0 Å². The summed E-state index contributed by atoms with van der Waals surface area (Å²) in [4.78, 5) is 30.2. The van der Waals surface area contributed by atoms with Gasteiger partial charge in [-0.25, -0.2) is 0 Å². The summed E-state index contributed by atoms with van der Waals surface area (Å²) in [5, 5.41) is 20.8. The number of hydrogen-bond donors (Lipinski definition) is 1. The summed E-state index contributed by atoms with van der Waals surface area (Å²) in [6.07, 6.45) is 0. The minimum atomic E-state index is -1.28. The molecule has 0 saturated carbocycles. The number of nitro groups is 2. The van der Waals surface area contributed by atoms with Gasteiger partial charge in [0.05, 0.1) is 9.85 Å². The van der Waals surface area contributed by atoms with Crippen LogP contribution in [-0.2, 0) is 0 Å². The van der Waals surface area contributed by atoms with Gasteiger partial charge < -0.3 is 5.73 Å². The van der Waals surface area contributed by atoms with E-state index in [2.05, 4.69) is 0 Å². The Balaban J connectivity index is 3.70. The Morgan fingerprint density at radius 2 is 1.81 bits per heavy atom. The molecule has 0 aliphatic carbocycles. The maximum absolute atomic E-state index is 11.0. The molecule has 1 aromatic carbocycles. The van der Waals surface area contributed by atoms with Crippen molar-refractivity contribution in [2.75, 3.05) is 0 Å². The molecule has 0 fully saturated rings. The molecule has 0 bridgehead atoms. The van der Waals surface area contributed by atoms with Gasteiger partial charge >= 0.3 is 5.69 Å². The molecular formula is C7H4ClN3O5. The summed E-state index contributed by atoms with van der Waals surface area (Å²) in [6.45, 7) is 0. The lowest BCUT2D eigenvalue weighted by molar-refractivity contribution is -0.394. The van der Waals surface area contributed by atoms with E-state index in [4.69, 9.17) is 17.3 Å². The molecule has 0 aliphatic heterocycles. The lowest BCUT2D eigenvalue weighted by atomic mass is 10.1. The van der Waals surface area contributed by atoms with Gasteiger partial charge in [0, 0.05) is 6.07 Å². The molecule has 0 radical (unpaired) electrons. The minimum Gasteiger partial charge on any atom is -0.365 e. The van der Waals surface area contributed by atoms with Gasteiger partial charge in [0.15, 0.2) is 5.56 Å². The summed E-state index contributed by atoms with van der Waals surface area (Å²) in [5.74, 6) is -1.28. The van der Waals surface area contributed by atoms with Crippen molar-refractivity contribution in [1.29, 1.82) is 0 Å². The highest BCUT2D eigenvalue weighted by Crippen LogP contribution is 2.34. The molecule has 0 aromatic heterocycles. The van der Waals surface area contributed by atoms with Crippen molar-refractivity contribution in [2.45, 2.75) is 0 Å². The zero-order chi connectivity index (χ0) is 12.5. The predicted octanol–water partition coefficient (Wildman–Crippen LogP) is 1.26. The van der Waals surface area contributed by atoms with E-state index in [-0.39, 0.29) is 5.02 Å². The smallest absolute Gasteiger partial charge is 0.307 e. The van der Waals surface area contributed by atoms with Crippen molar-refractivity contribution in [3.63, 3.8) is 0 Å². The largest absolute Gasteiger partial charge is 0.365 e. The number of amides is 1. The highest BCUT2D eigenvalue weighted by molar-refractivity contribution is 6.33. The van der Waals surface area contributed by atoms with Crippen molar-refractivity contribution in [3.05, 3.63) is 42.9 Å². The molecule has 0 atom stereocenters. The number of rotatable bonds is 3. The third kappa shape index (κ3) is 1.91. The van der Waals surface area contributed by atoms with E-state index in [0.29, 0.717) is 0 Å². The normalized spacial score (nSPS) is 9.81. The molecule has 84 valence electrons. The van der Waals surface area contributed by atoms with Crippen LogP contribution in [0, 0.1) is 20.2 Å². The highest BCUT2D eigenvalue weighted by atomic mass is 35.5. The average molecular weight is 246 g/mol. The van der Waals surface area contributed by atoms with Crippen molar-refractivity contribution in [2.24, 2.45) is 5.73 Å². The molecule has 0 spiro atoms. The van der Waals surface area contributed by atoms with Crippen LogP contribution >= 0.6 is 11.6 Å². The molecular weight excluding hydrogens is 242 g/mol. The van der Waals surface area contributed by atoms with E-state index in [9.17, 15) is 25.0 Å². The van der Waals surface area contributed by atoms with Gasteiger partial charge in [-0.2, -0.15) is 0 Å². The van der Waals surface area contributed by atoms with Crippen LogP contribution in [0.4, 0.5) is 11.4 Å². The van der Waals surface area contributed by atoms with Crippen LogP contribution in [0.5, 0.6) is 0 Å².